The SMILES string of the molecule is CC[C@H](C)[C@H](N)C(=O)NC.Cl. The Balaban J connectivity index is 0. The van der Waals surface area contributed by atoms with Crippen molar-refractivity contribution in [2.24, 2.45) is 11.7 Å². The van der Waals surface area contributed by atoms with E-state index in [1.807, 2.05) is 13.8 Å². The summed E-state index contributed by atoms with van der Waals surface area (Å²) in [4.78, 5) is 10.9. The Morgan fingerprint density at radius 2 is 2.09 bits per heavy atom. The van der Waals surface area contributed by atoms with E-state index >= 15 is 0 Å². The third kappa shape index (κ3) is 4.22. The predicted molar refractivity (Wildman–Crippen MR) is 48.7 cm³/mol. The maximum atomic E-state index is 10.9. The van der Waals surface area contributed by atoms with E-state index < -0.39 is 0 Å². The summed E-state index contributed by atoms with van der Waals surface area (Å²) >= 11 is 0. The molecule has 0 heterocycles. The van der Waals surface area contributed by atoms with Crippen molar-refractivity contribution in [1.29, 1.82) is 0 Å². The molecule has 1 amide bonds. The molecule has 68 valence electrons. The molecule has 0 bridgehead atoms. The molecule has 0 aromatic rings. The Morgan fingerprint density at radius 3 is 2.36 bits per heavy atom. The van der Waals surface area contributed by atoms with Crippen molar-refractivity contribution in [2.75, 3.05) is 7.05 Å². The minimum absolute atomic E-state index is 0. The van der Waals surface area contributed by atoms with Gasteiger partial charge in [-0.2, -0.15) is 0 Å². The lowest BCUT2D eigenvalue weighted by molar-refractivity contribution is -0.122. The quantitative estimate of drug-likeness (QED) is 0.666. The molecule has 0 saturated carbocycles. The second-order valence-electron chi connectivity index (χ2n) is 2.53. The molecule has 0 rings (SSSR count). The van der Waals surface area contributed by atoms with E-state index in [1.54, 1.807) is 7.05 Å². The van der Waals surface area contributed by atoms with Crippen molar-refractivity contribution in [2.45, 2.75) is 26.3 Å². The molecule has 0 aromatic carbocycles. The van der Waals surface area contributed by atoms with Crippen LogP contribution < -0.4 is 11.1 Å². The van der Waals surface area contributed by atoms with E-state index in [0.29, 0.717) is 0 Å². The minimum atomic E-state index is -0.352. The maximum Gasteiger partial charge on any atom is 0.236 e. The topological polar surface area (TPSA) is 55.1 Å². The van der Waals surface area contributed by atoms with Gasteiger partial charge in [-0.25, -0.2) is 0 Å². The fourth-order valence-electron chi connectivity index (χ4n) is 0.679. The van der Waals surface area contributed by atoms with Gasteiger partial charge in [-0.3, -0.25) is 4.79 Å². The molecular formula is C7H17ClN2O. The van der Waals surface area contributed by atoms with Crippen LogP contribution in [0.2, 0.25) is 0 Å². The van der Waals surface area contributed by atoms with Crippen molar-refractivity contribution in [3.63, 3.8) is 0 Å². The van der Waals surface area contributed by atoms with E-state index in [-0.39, 0.29) is 30.3 Å². The average Bonchev–Trinajstić information content (AvgIpc) is 2.00. The van der Waals surface area contributed by atoms with Gasteiger partial charge in [0.2, 0.25) is 5.91 Å². The number of hydrogen-bond acceptors (Lipinski definition) is 2. The van der Waals surface area contributed by atoms with Crippen LogP contribution in [0.1, 0.15) is 20.3 Å². The van der Waals surface area contributed by atoms with Crippen molar-refractivity contribution in [3.8, 4) is 0 Å². The number of nitrogens with two attached hydrogens (primary N) is 1. The minimum Gasteiger partial charge on any atom is -0.358 e. The summed E-state index contributed by atoms with van der Waals surface area (Å²) in [7, 11) is 1.60. The summed E-state index contributed by atoms with van der Waals surface area (Å²) < 4.78 is 0. The first kappa shape index (κ1) is 13.3. The first-order valence-electron chi connectivity index (χ1n) is 3.60. The highest BCUT2D eigenvalue weighted by molar-refractivity contribution is 5.85. The molecule has 2 atom stereocenters. The van der Waals surface area contributed by atoms with Gasteiger partial charge in [-0.1, -0.05) is 20.3 Å². The lowest BCUT2D eigenvalue weighted by Crippen LogP contribution is -2.43. The molecule has 0 unspecified atom stereocenters. The molecular weight excluding hydrogens is 164 g/mol. The average molecular weight is 181 g/mol. The third-order valence-electron chi connectivity index (χ3n) is 1.81. The van der Waals surface area contributed by atoms with E-state index in [9.17, 15) is 4.79 Å². The summed E-state index contributed by atoms with van der Waals surface area (Å²) in [6, 6.07) is -0.352. The van der Waals surface area contributed by atoms with Crippen LogP contribution in [-0.2, 0) is 4.79 Å². The second-order valence-corrected chi connectivity index (χ2v) is 2.53. The van der Waals surface area contributed by atoms with Crippen molar-refractivity contribution >= 4 is 18.3 Å². The first-order valence-corrected chi connectivity index (χ1v) is 3.60. The first-order chi connectivity index (χ1) is 4.63. The number of rotatable bonds is 3. The van der Waals surface area contributed by atoms with Gasteiger partial charge in [0.05, 0.1) is 6.04 Å². The molecule has 0 aromatic heterocycles. The van der Waals surface area contributed by atoms with Gasteiger partial charge in [0.25, 0.3) is 0 Å². The summed E-state index contributed by atoms with van der Waals surface area (Å²) in [5, 5.41) is 2.52. The van der Waals surface area contributed by atoms with Gasteiger partial charge in [0.15, 0.2) is 0 Å². The van der Waals surface area contributed by atoms with Crippen LogP contribution in [0.15, 0.2) is 0 Å². The zero-order valence-corrected chi connectivity index (χ0v) is 8.07. The highest BCUT2D eigenvalue weighted by Crippen LogP contribution is 2.04. The van der Waals surface area contributed by atoms with Crippen LogP contribution in [0.5, 0.6) is 0 Å². The molecule has 0 spiro atoms. The van der Waals surface area contributed by atoms with E-state index in [4.69, 9.17) is 5.73 Å². The van der Waals surface area contributed by atoms with Crippen LogP contribution in [0.3, 0.4) is 0 Å². The standard InChI is InChI=1S/C7H16N2O.ClH/c1-4-5(2)6(8)7(10)9-3;/h5-6H,4,8H2,1-3H3,(H,9,10);1H/t5-,6-;/m0./s1. The fraction of sp³-hybridized carbons (Fsp3) is 0.857. The number of nitrogens with one attached hydrogen (secondary N) is 1. The molecule has 3 N–H and O–H groups in total. The van der Waals surface area contributed by atoms with E-state index in [1.165, 1.54) is 0 Å². The number of halogens is 1. The van der Waals surface area contributed by atoms with Gasteiger partial charge in [-0.05, 0) is 5.92 Å². The zero-order chi connectivity index (χ0) is 8.15. The lowest BCUT2D eigenvalue weighted by atomic mass is 10.00. The van der Waals surface area contributed by atoms with Crippen LogP contribution >= 0.6 is 12.4 Å². The number of hydrogen-bond donors (Lipinski definition) is 2. The van der Waals surface area contributed by atoms with Crippen LogP contribution in [0.25, 0.3) is 0 Å². The normalized spacial score (nSPS) is 14.5. The zero-order valence-electron chi connectivity index (χ0n) is 7.26. The van der Waals surface area contributed by atoms with Gasteiger partial charge in [0.1, 0.15) is 0 Å². The Bertz CT molecular complexity index is 119. The highest BCUT2D eigenvalue weighted by Gasteiger charge is 2.17. The molecule has 0 aliphatic carbocycles. The van der Waals surface area contributed by atoms with Gasteiger partial charge in [0, 0.05) is 7.05 Å². The third-order valence-corrected chi connectivity index (χ3v) is 1.81. The molecule has 11 heavy (non-hydrogen) atoms. The summed E-state index contributed by atoms with van der Waals surface area (Å²) in [5.41, 5.74) is 5.57. The Kier molecular flexibility index (Phi) is 7.79. The molecule has 0 aliphatic rings. The largest absolute Gasteiger partial charge is 0.358 e. The molecule has 4 heteroatoms. The lowest BCUT2D eigenvalue weighted by Gasteiger charge is -2.15. The smallest absolute Gasteiger partial charge is 0.236 e. The van der Waals surface area contributed by atoms with Crippen LogP contribution in [-0.4, -0.2) is 19.0 Å². The molecule has 0 aliphatic heterocycles. The van der Waals surface area contributed by atoms with Crippen LogP contribution in [0.4, 0.5) is 0 Å². The Morgan fingerprint density at radius 1 is 1.64 bits per heavy atom. The number of carbonyl (C=O) groups is 1. The highest BCUT2D eigenvalue weighted by atomic mass is 35.5. The van der Waals surface area contributed by atoms with E-state index in [2.05, 4.69) is 5.32 Å². The Hall–Kier alpha value is -0.280. The monoisotopic (exact) mass is 180 g/mol. The number of carbonyl (C=O) groups excluding carboxylic acids is 1. The van der Waals surface area contributed by atoms with Gasteiger partial charge in [-0.15, -0.1) is 12.4 Å². The molecule has 0 fully saturated rings. The molecule has 0 saturated heterocycles. The summed E-state index contributed by atoms with van der Waals surface area (Å²) in [6.45, 7) is 3.99. The fourth-order valence-corrected chi connectivity index (χ4v) is 0.679. The number of amides is 1. The second kappa shape index (κ2) is 6.43. The van der Waals surface area contributed by atoms with Gasteiger partial charge >= 0.3 is 0 Å². The molecule has 3 nitrogen and oxygen atoms in total. The Labute approximate surface area is 74.1 Å². The summed E-state index contributed by atoms with van der Waals surface area (Å²) in [5.74, 6) is 0.189. The van der Waals surface area contributed by atoms with Gasteiger partial charge < -0.3 is 11.1 Å². The number of likely N-dealkylation sites (N-methyl/N-ethyl adjacent to an activating group) is 1. The molecule has 0 radical (unpaired) electrons. The maximum absolute atomic E-state index is 10.9. The van der Waals surface area contributed by atoms with E-state index in [0.717, 1.165) is 6.42 Å². The van der Waals surface area contributed by atoms with Crippen molar-refractivity contribution in [1.82, 2.24) is 5.32 Å². The van der Waals surface area contributed by atoms with Crippen LogP contribution in [0, 0.1) is 5.92 Å². The summed E-state index contributed by atoms with van der Waals surface area (Å²) in [6.07, 6.45) is 0.939. The predicted octanol–water partition coefficient (Wildman–Crippen LogP) is 0.528. The van der Waals surface area contributed by atoms with Crippen molar-refractivity contribution in [3.05, 3.63) is 0 Å². The van der Waals surface area contributed by atoms with Crippen molar-refractivity contribution < 1.29 is 4.79 Å².